The Hall–Kier alpha value is -0.330. The molecule has 4 saturated carbocycles. The van der Waals surface area contributed by atoms with Crippen LogP contribution in [0, 0.1) is 39.9 Å². The van der Waals surface area contributed by atoms with Crippen molar-refractivity contribution in [3.63, 3.8) is 0 Å². The van der Waals surface area contributed by atoms with Gasteiger partial charge in [-0.3, -0.25) is 4.79 Å². The molecule has 0 N–H and O–H groups in total. The first-order chi connectivity index (χ1) is 10.3. The van der Waals surface area contributed by atoms with Crippen LogP contribution >= 0.6 is 0 Å². The first-order valence-corrected chi connectivity index (χ1v) is 9.80. The van der Waals surface area contributed by atoms with E-state index in [0.29, 0.717) is 27.9 Å². The number of hydrogen-bond donors (Lipinski definition) is 0. The van der Waals surface area contributed by atoms with E-state index in [9.17, 15) is 4.79 Å². The van der Waals surface area contributed by atoms with E-state index in [1.807, 2.05) is 0 Å². The zero-order valence-corrected chi connectivity index (χ0v) is 15.1. The van der Waals surface area contributed by atoms with Gasteiger partial charge in [0.15, 0.2) is 0 Å². The van der Waals surface area contributed by atoms with E-state index in [-0.39, 0.29) is 0 Å². The van der Waals surface area contributed by atoms with Crippen LogP contribution in [-0.2, 0) is 4.79 Å². The van der Waals surface area contributed by atoms with Crippen LogP contribution in [0.3, 0.4) is 0 Å². The molecule has 0 heterocycles. The van der Waals surface area contributed by atoms with Crippen LogP contribution in [0.1, 0.15) is 85.5 Å². The van der Waals surface area contributed by atoms with Crippen molar-refractivity contribution in [3.8, 4) is 0 Å². The van der Waals surface area contributed by atoms with Gasteiger partial charge in [0, 0.05) is 12.8 Å². The van der Waals surface area contributed by atoms with E-state index >= 15 is 0 Å². The second kappa shape index (κ2) is 4.61. The number of ketones is 1. The Balaban J connectivity index is 1.65. The Morgan fingerprint density at radius 1 is 0.864 bits per heavy atom. The fraction of sp³-hybridized carbons (Fsp3) is 0.952. The van der Waals surface area contributed by atoms with Gasteiger partial charge in [-0.25, -0.2) is 0 Å². The van der Waals surface area contributed by atoms with Crippen molar-refractivity contribution in [1.82, 2.24) is 0 Å². The van der Waals surface area contributed by atoms with Gasteiger partial charge in [-0.2, -0.15) is 0 Å². The second-order valence-electron chi connectivity index (χ2n) is 10.3. The standard InChI is InChI=1S/C21H34O/c1-19(2)10-8-18-16-6-5-14-13-15(22)7-11-20(14,3)17(16)9-12-21(18,19)4/h14,16-18H,5-13H2,1-4H3/t14?,16?,17-,18-,20-,21-/m0/s1. The summed E-state index contributed by atoms with van der Waals surface area (Å²) in [6, 6.07) is 0. The molecule has 0 amide bonds. The van der Waals surface area contributed by atoms with Crippen molar-refractivity contribution < 1.29 is 4.79 Å². The van der Waals surface area contributed by atoms with Gasteiger partial charge in [0.2, 0.25) is 0 Å². The van der Waals surface area contributed by atoms with Crippen molar-refractivity contribution in [1.29, 1.82) is 0 Å². The quantitative estimate of drug-likeness (QED) is 0.567. The van der Waals surface area contributed by atoms with Gasteiger partial charge in [0.1, 0.15) is 5.78 Å². The number of carbonyl (C=O) groups is 1. The first kappa shape index (κ1) is 15.2. The molecule has 2 unspecified atom stereocenters. The Kier molecular flexibility index (Phi) is 3.18. The SMILES string of the molecule is CC1(C)CC[C@H]2C3CCC4CC(=O)CC[C@]4(C)[C@H]3CC[C@@]21C. The van der Waals surface area contributed by atoms with Gasteiger partial charge in [-0.15, -0.1) is 0 Å². The van der Waals surface area contributed by atoms with Crippen LogP contribution < -0.4 is 0 Å². The maximum absolute atomic E-state index is 11.9. The van der Waals surface area contributed by atoms with Crippen LogP contribution in [0.5, 0.6) is 0 Å². The molecule has 0 aromatic rings. The van der Waals surface area contributed by atoms with Gasteiger partial charge in [-0.1, -0.05) is 27.7 Å². The maximum atomic E-state index is 11.9. The van der Waals surface area contributed by atoms with E-state index in [2.05, 4.69) is 27.7 Å². The fourth-order valence-corrected chi connectivity index (χ4v) is 7.54. The molecule has 0 radical (unpaired) electrons. The minimum Gasteiger partial charge on any atom is -0.300 e. The molecule has 1 heteroatoms. The van der Waals surface area contributed by atoms with Crippen molar-refractivity contribution in [3.05, 3.63) is 0 Å². The predicted octanol–water partition coefficient (Wildman–Crippen LogP) is 5.62. The van der Waals surface area contributed by atoms with Crippen molar-refractivity contribution in [2.24, 2.45) is 39.9 Å². The van der Waals surface area contributed by atoms with E-state index in [1.165, 1.54) is 44.9 Å². The highest BCUT2D eigenvalue weighted by atomic mass is 16.1. The molecule has 0 bridgehead atoms. The van der Waals surface area contributed by atoms with Gasteiger partial charge in [0.25, 0.3) is 0 Å². The Bertz CT molecular complexity index is 492. The summed E-state index contributed by atoms with van der Waals surface area (Å²) < 4.78 is 0. The minimum absolute atomic E-state index is 0.477. The number of carbonyl (C=O) groups excluding carboxylic acids is 1. The summed E-state index contributed by atoms with van der Waals surface area (Å²) >= 11 is 0. The molecule has 6 atom stereocenters. The highest BCUT2D eigenvalue weighted by Crippen LogP contribution is 2.70. The molecule has 0 aliphatic heterocycles. The summed E-state index contributed by atoms with van der Waals surface area (Å²) in [6.07, 6.45) is 11.4. The molecule has 0 saturated heterocycles. The average Bonchev–Trinajstić information content (AvgIpc) is 2.70. The van der Waals surface area contributed by atoms with Crippen LogP contribution in [0.25, 0.3) is 0 Å². The molecule has 4 rings (SSSR count). The lowest BCUT2D eigenvalue weighted by atomic mass is 9.44. The normalized spacial score (nSPS) is 53.5. The Labute approximate surface area is 136 Å². The monoisotopic (exact) mass is 302 g/mol. The van der Waals surface area contributed by atoms with E-state index < -0.39 is 0 Å². The van der Waals surface area contributed by atoms with Crippen LogP contribution in [0.15, 0.2) is 0 Å². The summed E-state index contributed by atoms with van der Waals surface area (Å²) in [5, 5.41) is 0. The summed E-state index contributed by atoms with van der Waals surface area (Å²) in [7, 11) is 0. The van der Waals surface area contributed by atoms with Gasteiger partial charge < -0.3 is 0 Å². The summed E-state index contributed by atoms with van der Waals surface area (Å²) in [5.41, 5.74) is 1.58. The third-order valence-corrected chi connectivity index (χ3v) is 9.50. The third kappa shape index (κ3) is 1.80. The zero-order valence-electron chi connectivity index (χ0n) is 15.1. The molecule has 0 aromatic carbocycles. The lowest BCUT2D eigenvalue weighted by molar-refractivity contribution is -0.142. The first-order valence-electron chi connectivity index (χ1n) is 9.80. The molecule has 1 nitrogen and oxygen atoms in total. The van der Waals surface area contributed by atoms with Crippen molar-refractivity contribution >= 4 is 5.78 Å². The Morgan fingerprint density at radius 2 is 1.59 bits per heavy atom. The van der Waals surface area contributed by atoms with Gasteiger partial charge in [0.05, 0.1) is 0 Å². The van der Waals surface area contributed by atoms with Gasteiger partial charge in [-0.05, 0) is 84.9 Å². The van der Waals surface area contributed by atoms with Gasteiger partial charge >= 0.3 is 0 Å². The number of Topliss-reactive ketones (excluding diaryl/α,β-unsaturated/α-hetero) is 1. The van der Waals surface area contributed by atoms with E-state index in [4.69, 9.17) is 0 Å². The Morgan fingerprint density at radius 3 is 2.36 bits per heavy atom. The molecule has 124 valence electrons. The highest BCUT2D eigenvalue weighted by molar-refractivity contribution is 5.79. The van der Waals surface area contributed by atoms with E-state index in [1.54, 1.807) is 0 Å². The lowest BCUT2D eigenvalue weighted by Crippen LogP contribution is -2.54. The zero-order chi connectivity index (χ0) is 15.8. The summed E-state index contributed by atoms with van der Waals surface area (Å²) in [5.74, 6) is 4.07. The number of rotatable bonds is 0. The molecule has 4 aliphatic carbocycles. The van der Waals surface area contributed by atoms with Crippen LogP contribution in [-0.4, -0.2) is 5.78 Å². The third-order valence-electron chi connectivity index (χ3n) is 9.50. The minimum atomic E-state index is 0.477. The summed E-state index contributed by atoms with van der Waals surface area (Å²) in [4.78, 5) is 11.9. The molecule has 0 spiro atoms. The molecule has 4 fully saturated rings. The number of hydrogen-bond acceptors (Lipinski definition) is 1. The summed E-state index contributed by atoms with van der Waals surface area (Å²) in [6.45, 7) is 10.2. The smallest absolute Gasteiger partial charge is 0.133 e. The van der Waals surface area contributed by atoms with Crippen LogP contribution in [0.2, 0.25) is 0 Å². The topological polar surface area (TPSA) is 17.1 Å². The molecular formula is C21H34O. The second-order valence-corrected chi connectivity index (χ2v) is 10.3. The largest absolute Gasteiger partial charge is 0.300 e. The fourth-order valence-electron chi connectivity index (χ4n) is 7.54. The molecule has 0 aromatic heterocycles. The molecular weight excluding hydrogens is 268 g/mol. The van der Waals surface area contributed by atoms with Crippen LogP contribution in [0.4, 0.5) is 0 Å². The lowest BCUT2D eigenvalue weighted by Gasteiger charge is -2.61. The highest BCUT2D eigenvalue weighted by Gasteiger charge is 2.62. The molecule has 4 aliphatic rings. The predicted molar refractivity (Wildman–Crippen MR) is 90.5 cm³/mol. The molecule has 22 heavy (non-hydrogen) atoms. The average molecular weight is 303 g/mol. The van der Waals surface area contributed by atoms with E-state index in [0.717, 1.165) is 30.6 Å². The maximum Gasteiger partial charge on any atom is 0.133 e. The van der Waals surface area contributed by atoms with Crippen molar-refractivity contribution in [2.75, 3.05) is 0 Å². The number of fused-ring (bicyclic) bond motifs is 5. The van der Waals surface area contributed by atoms with Crippen molar-refractivity contribution in [2.45, 2.75) is 85.5 Å².